The summed E-state index contributed by atoms with van der Waals surface area (Å²) in [6, 6.07) is 0. The summed E-state index contributed by atoms with van der Waals surface area (Å²) in [6.45, 7) is 9.31. The van der Waals surface area contributed by atoms with E-state index in [1.54, 1.807) is 5.57 Å². The molecule has 0 radical (unpaired) electrons. The van der Waals surface area contributed by atoms with Gasteiger partial charge in [-0.25, -0.2) is 0 Å². The molecule has 0 spiro atoms. The van der Waals surface area contributed by atoms with Crippen LogP contribution in [0.4, 0.5) is 0 Å². The maximum absolute atomic E-state index is 10.0. The van der Waals surface area contributed by atoms with Gasteiger partial charge in [0.2, 0.25) is 0 Å². The predicted molar refractivity (Wildman–Crippen MR) is 111 cm³/mol. The van der Waals surface area contributed by atoms with E-state index in [9.17, 15) is 5.11 Å². The molecule has 2 rings (SSSR count). The lowest BCUT2D eigenvalue weighted by atomic mass is 9.71. The molecule has 2 heteroatoms. The van der Waals surface area contributed by atoms with Gasteiger partial charge in [-0.2, -0.15) is 0 Å². The van der Waals surface area contributed by atoms with Gasteiger partial charge in [0.05, 0.1) is 6.10 Å². The van der Waals surface area contributed by atoms with Crippen molar-refractivity contribution >= 4 is 0 Å². The van der Waals surface area contributed by atoms with Crippen molar-refractivity contribution in [1.29, 1.82) is 0 Å². The highest BCUT2D eigenvalue weighted by molar-refractivity contribution is 5.36. The van der Waals surface area contributed by atoms with Crippen molar-refractivity contribution in [2.75, 3.05) is 6.61 Å². The van der Waals surface area contributed by atoms with Crippen LogP contribution in [0.2, 0.25) is 0 Å². The van der Waals surface area contributed by atoms with Gasteiger partial charge < -0.3 is 10.2 Å². The highest BCUT2D eigenvalue weighted by Crippen LogP contribution is 2.41. The molecule has 2 atom stereocenters. The third-order valence-electron chi connectivity index (χ3n) is 6.69. The first kappa shape index (κ1) is 21.4. The third-order valence-corrected chi connectivity index (χ3v) is 6.69. The van der Waals surface area contributed by atoms with Crippen LogP contribution >= 0.6 is 0 Å². The van der Waals surface area contributed by atoms with E-state index >= 15 is 0 Å². The predicted octanol–water partition coefficient (Wildman–Crippen LogP) is 6.10. The minimum absolute atomic E-state index is 0.328. The molecule has 0 amide bonds. The summed E-state index contributed by atoms with van der Waals surface area (Å²) in [4.78, 5) is 0. The zero-order valence-corrected chi connectivity index (χ0v) is 17.1. The number of hydrogen-bond acceptors (Lipinski definition) is 2. The fourth-order valence-electron chi connectivity index (χ4n) is 4.71. The Morgan fingerprint density at radius 2 is 1.77 bits per heavy atom. The number of rotatable bonds is 5. The third kappa shape index (κ3) is 6.39. The molecule has 2 aliphatic carbocycles. The molecule has 0 heterocycles. The van der Waals surface area contributed by atoms with Crippen molar-refractivity contribution in [3.63, 3.8) is 0 Å². The van der Waals surface area contributed by atoms with Gasteiger partial charge in [0, 0.05) is 6.61 Å². The van der Waals surface area contributed by atoms with Crippen LogP contribution in [0.25, 0.3) is 0 Å². The van der Waals surface area contributed by atoms with E-state index in [-0.39, 0.29) is 6.10 Å². The summed E-state index contributed by atoms with van der Waals surface area (Å²) in [6.07, 6.45) is 18.1. The van der Waals surface area contributed by atoms with Crippen molar-refractivity contribution in [2.45, 2.75) is 97.0 Å². The second-order valence-corrected chi connectivity index (χ2v) is 9.10. The smallest absolute Gasteiger partial charge is 0.0787 e. The van der Waals surface area contributed by atoms with Gasteiger partial charge in [0.15, 0.2) is 0 Å². The Morgan fingerprint density at radius 3 is 2.54 bits per heavy atom. The molecule has 0 bridgehead atoms. The summed E-state index contributed by atoms with van der Waals surface area (Å²) in [5.41, 5.74) is 4.15. The molecule has 0 aromatic heterocycles. The summed E-state index contributed by atoms with van der Waals surface area (Å²) in [5, 5.41) is 19.1. The Balaban J connectivity index is 1.98. The van der Waals surface area contributed by atoms with Crippen LogP contribution in [0.15, 0.2) is 35.5 Å². The SMILES string of the molecule is C=C1/C(=C\C=C2\CCCC(CCCCO)C(C)(C)CCC2)CCCC1O. The molecule has 26 heavy (non-hydrogen) atoms. The minimum atomic E-state index is -0.339. The van der Waals surface area contributed by atoms with Gasteiger partial charge >= 0.3 is 0 Å². The molecule has 2 unspecified atom stereocenters. The molecule has 0 saturated heterocycles. The molecule has 2 saturated carbocycles. The quantitative estimate of drug-likeness (QED) is 0.582. The van der Waals surface area contributed by atoms with Crippen LogP contribution in [0, 0.1) is 11.3 Å². The van der Waals surface area contributed by atoms with E-state index in [1.165, 1.54) is 50.5 Å². The van der Waals surface area contributed by atoms with Gasteiger partial charge in [0.25, 0.3) is 0 Å². The average Bonchev–Trinajstić information content (AvgIpc) is 2.66. The molecule has 2 fully saturated rings. The Bertz CT molecular complexity index is 512. The van der Waals surface area contributed by atoms with Crippen LogP contribution in [0.1, 0.15) is 90.9 Å². The maximum atomic E-state index is 10.0. The lowest BCUT2D eigenvalue weighted by molar-refractivity contribution is 0.161. The molecule has 2 aliphatic rings. The van der Waals surface area contributed by atoms with Crippen LogP contribution in [0.3, 0.4) is 0 Å². The topological polar surface area (TPSA) is 40.5 Å². The zero-order chi connectivity index (χ0) is 19.0. The van der Waals surface area contributed by atoms with Crippen molar-refractivity contribution in [3.05, 3.63) is 35.5 Å². The average molecular weight is 361 g/mol. The van der Waals surface area contributed by atoms with E-state index in [1.807, 2.05) is 0 Å². The van der Waals surface area contributed by atoms with Gasteiger partial charge in [-0.3, -0.25) is 0 Å². The normalized spacial score (nSPS) is 30.8. The fraction of sp³-hybridized carbons (Fsp3) is 0.750. The number of aliphatic hydroxyl groups excluding tert-OH is 2. The number of allylic oxidation sites excluding steroid dienone is 3. The molecule has 2 nitrogen and oxygen atoms in total. The second kappa shape index (κ2) is 10.5. The van der Waals surface area contributed by atoms with E-state index in [0.29, 0.717) is 12.0 Å². The van der Waals surface area contributed by atoms with Crippen LogP contribution in [-0.2, 0) is 0 Å². The summed E-state index contributed by atoms with van der Waals surface area (Å²) >= 11 is 0. The lowest BCUT2D eigenvalue weighted by Gasteiger charge is -2.34. The molecule has 2 N–H and O–H groups in total. The molecule has 148 valence electrons. The first-order valence-electron chi connectivity index (χ1n) is 10.8. The molecule has 0 aromatic rings. The second-order valence-electron chi connectivity index (χ2n) is 9.10. The van der Waals surface area contributed by atoms with E-state index < -0.39 is 0 Å². The number of hydrogen-bond donors (Lipinski definition) is 2. The van der Waals surface area contributed by atoms with Crippen molar-refractivity contribution in [2.24, 2.45) is 11.3 Å². The highest BCUT2D eigenvalue weighted by Gasteiger charge is 2.29. The van der Waals surface area contributed by atoms with Crippen LogP contribution in [-0.4, -0.2) is 22.9 Å². The number of unbranched alkanes of at least 4 members (excludes halogenated alkanes) is 1. The molecule has 0 aliphatic heterocycles. The molecular formula is C24H40O2. The van der Waals surface area contributed by atoms with Gasteiger partial charge in [-0.05, 0) is 93.1 Å². The molecular weight excluding hydrogens is 320 g/mol. The first-order valence-corrected chi connectivity index (χ1v) is 10.8. The summed E-state index contributed by atoms with van der Waals surface area (Å²) < 4.78 is 0. The summed E-state index contributed by atoms with van der Waals surface area (Å²) in [7, 11) is 0. The van der Waals surface area contributed by atoms with Crippen LogP contribution in [0.5, 0.6) is 0 Å². The van der Waals surface area contributed by atoms with Crippen molar-refractivity contribution < 1.29 is 10.2 Å². The number of aliphatic hydroxyl groups is 2. The lowest BCUT2D eigenvalue weighted by Crippen LogP contribution is -2.24. The highest BCUT2D eigenvalue weighted by atomic mass is 16.3. The Hall–Kier alpha value is -0.860. The standard InChI is InChI=1S/C24H40O2/c1-19-21(11-7-14-23(19)26)16-15-20-9-6-13-22(12-4-5-18-25)24(2,3)17-8-10-20/h15-16,22-23,25-26H,1,4-14,17-18H2,2-3H3/b20-15-,21-16-. The molecule has 0 aromatic carbocycles. The maximum Gasteiger partial charge on any atom is 0.0787 e. The Labute approximate surface area is 161 Å². The minimum Gasteiger partial charge on any atom is -0.396 e. The van der Waals surface area contributed by atoms with E-state index in [0.717, 1.165) is 43.6 Å². The van der Waals surface area contributed by atoms with Crippen molar-refractivity contribution in [1.82, 2.24) is 0 Å². The van der Waals surface area contributed by atoms with Crippen LogP contribution < -0.4 is 0 Å². The Kier molecular flexibility index (Phi) is 8.63. The van der Waals surface area contributed by atoms with E-state index in [4.69, 9.17) is 5.11 Å². The van der Waals surface area contributed by atoms with Gasteiger partial charge in [-0.15, -0.1) is 0 Å². The summed E-state index contributed by atoms with van der Waals surface area (Å²) in [5.74, 6) is 0.778. The largest absolute Gasteiger partial charge is 0.396 e. The van der Waals surface area contributed by atoms with Gasteiger partial charge in [-0.1, -0.05) is 44.6 Å². The van der Waals surface area contributed by atoms with Crippen molar-refractivity contribution in [3.8, 4) is 0 Å². The van der Waals surface area contributed by atoms with E-state index in [2.05, 4.69) is 32.6 Å². The Morgan fingerprint density at radius 1 is 1.04 bits per heavy atom. The van der Waals surface area contributed by atoms with Gasteiger partial charge in [0.1, 0.15) is 0 Å². The fourth-order valence-corrected chi connectivity index (χ4v) is 4.71. The zero-order valence-electron chi connectivity index (χ0n) is 17.1. The first-order chi connectivity index (χ1) is 12.4. The monoisotopic (exact) mass is 360 g/mol.